The molecule has 1 aliphatic carbocycles. The Bertz CT molecular complexity index is 1190. The molecule has 7 bridgehead atoms. The van der Waals surface area contributed by atoms with Gasteiger partial charge in [-0.2, -0.15) is 4.89 Å². The van der Waals surface area contributed by atoms with E-state index in [0.29, 0.717) is 24.5 Å². The smallest absolute Gasteiger partial charge is 0.373 e. The number of ether oxygens (including phenoxy) is 3. The molecule has 1 spiro atoms. The summed E-state index contributed by atoms with van der Waals surface area (Å²) in [5.74, 6) is -0.412. The highest BCUT2D eigenvalue weighted by Crippen LogP contribution is 2.48. The van der Waals surface area contributed by atoms with E-state index in [0.717, 1.165) is 12.0 Å². The minimum absolute atomic E-state index is 0.0601. The van der Waals surface area contributed by atoms with E-state index in [1.54, 1.807) is 25.3 Å². The molecule has 0 amide bonds. The molecular weight excluding hydrogens is 438 g/mol. The van der Waals surface area contributed by atoms with Crippen LogP contribution in [0.1, 0.15) is 32.7 Å². The van der Waals surface area contributed by atoms with Crippen LogP contribution in [0.4, 0.5) is 0 Å². The average Bonchev–Trinajstić information content (AvgIpc) is 2.86. The Labute approximate surface area is 196 Å². The van der Waals surface area contributed by atoms with Gasteiger partial charge in [0.15, 0.2) is 29.3 Å². The monoisotopic (exact) mass is 463 g/mol. The Hall–Kier alpha value is -3.36. The van der Waals surface area contributed by atoms with E-state index in [9.17, 15) is 9.59 Å². The molecule has 1 fully saturated rings. The second-order valence-corrected chi connectivity index (χ2v) is 9.26. The Kier molecular flexibility index (Phi) is 4.89. The van der Waals surface area contributed by atoms with Crippen LogP contribution in [0, 0.1) is 5.92 Å². The first-order valence-corrected chi connectivity index (χ1v) is 11.4. The van der Waals surface area contributed by atoms with Crippen molar-refractivity contribution in [3.8, 4) is 11.5 Å². The molecule has 0 N–H and O–H groups in total. The van der Waals surface area contributed by atoms with Crippen LogP contribution in [-0.4, -0.2) is 61.4 Å². The van der Waals surface area contributed by atoms with Crippen LogP contribution in [0.5, 0.6) is 11.5 Å². The number of likely N-dealkylation sites (N-methyl/N-ethyl adjacent to an activating group) is 1. The highest BCUT2D eigenvalue weighted by atomic mass is 17.2. The first-order valence-electron chi connectivity index (χ1n) is 11.4. The third-order valence-electron chi connectivity index (χ3n) is 7.50. The van der Waals surface area contributed by atoms with E-state index in [-0.39, 0.29) is 23.1 Å². The number of carbonyl (C=O) groups excluding carboxylic acids is 2. The number of fused-ring (bicyclic) bond motifs is 3. The Morgan fingerprint density at radius 3 is 2.65 bits per heavy atom. The fourth-order valence-corrected chi connectivity index (χ4v) is 5.75. The highest BCUT2D eigenvalue weighted by molar-refractivity contribution is 6.03. The van der Waals surface area contributed by atoms with Crippen LogP contribution in [0.25, 0.3) is 0 Å². The van der Waals surface area contributed by atoms with Crippen LogP contribution in [0.2, 0.25) is 0 Å². The van der Waals surface area contributed by atoms with Crippen LogP contribution in [0.3, 0.4) is 0 Å². The minimum Gasteiger partial charge on any atom is -0.493 e. The number of nitrogens with zero attached hydrogens (tertiary/aromatic N) is 1. The van der Waals surface area contributed by atoms with Gasteiger partial charge in [-0.05, 0) is 43.3 Å². The molecule has 0 unspecified atom stereocenters. The average molecular weight is 463 g/mol. The van der Waals surface area contributed by atoms with Gasteiger partial charge in [0.1, 0.15) is 0 Å². The van der Waals surface area contributed by atoms with Gasteiger partial charge in [0.25, 0.3) is 0 Å². The number of methoxy groups -OCH3 is 1. The van der Waals surface area contributed by atoms with E-state index < -0.39 is 29.7 Å². The largest absolute Gasteiger partial charge is 0.493 e. The molecule has 3 heterocycles. The lowest BCUT2D eigenvalue weighted by Gasteiger charge is -2.54. The van der Waals surface area contributed by atoms with Crippen LogP contribution in [0.15, 0.2) is 54.6 Å². The van der Waals surface area contributed by atoms with E-state index in [4.69, 9.17) is 24.0 Å². The molecule has 8 nitrogen and oxygen atoms in total. The summed E-state index contributed by atoms with van der Waals surface area (Å²) in [6.45, 7) is 0.698. The van der Waals surface area contributed by atoms with E-state index in [2.05, 4.69) is 11.9 Å². The van der Waals surface area contributed by atoms with Gasteiger partial charge in [-0.1, -0.05) is 30.4 Å². The number of carbonyl (C=O) groups is 2. The second-order valence-electron chi connectivity index (χ2n) is 9.26. The van der Waals surface area contributed by atoms with Crippen molar-refractivity contribution < 1.29 is 33.6 Å². The van der Waals surface area contributed by atoms with E-state index in [1.165, 1.54) is 6.07 Å². The molecule has 4 aliphatic rings. The zero-order valence-corrected chi connectivity index (χ0v) is 18.9. The van der Waals surface area contributed by atoms with Gasteiger partial charge in [0.2, 0.25) is 0 Å². The van der Waals surface area contributed by atoms with Crippen molar-refractivity contribution in [2.24, 2.45) is 5.92 Å². The molecule has 0 radical (unpaired) electrons. The number of hydrogen-bond acceptors (Lipinski definition) is 8. The molecule has 0 aromatic heterocycles. The normalized spacial score (nSPS) is 32.1. The molecule has 6 rings (SSSR count). The standard InChI is InChI=1S/C26H25NO7/c1-27-12-11-26-18-8-10-21(33-34-25(29)17-6-4-3-5-16(17)24(28)32-26)23(26)31-22-14-15(13-19(18)27)7-9-20(22)30-2/h3-10,14,18-19,21,23H,11-13H2,1-2H3/t18-,19-,21+,23-,26+/m1/s1. The molecule has 2 aromatic rings. The van der Waals surface area contributed by atoms with Crippen molar-refractivity contribution in [1.29, 1.82) is 0 Å². The molecule has 8 heteroatoms. The van der Waals surface area contributed by atoms with Crippen molar-refractivity contribution in [3.63, 3.8) is 0 Å². The molecule has 34 heavy (non-hydrogen) atoms. The van der Waals surface area contributed by atoms with Crippen molar-refractivity contribution in [1.82, 2.24) is 4.90 Å². The van der Waals surface area contributed by atoms with Gasteiger partial charge in [-0.15, -0.1) is 0 Å². The summed E-state index contributed by atoms with van der Waals surface area (Å²) in [6, 6.07) is 12.4. The summed E-state index contributed by atoms with van der Waals surface area (Å²) in [5, 5.41) is 0. The summed E-state index contributed by atoms with van der Waals surface area (Å²) in [6.07, 6.45) is 3.59. The molecule has 5 atom stereocenters. The van der Waals surface area contributed by atoms with E-state index >= 15 is 0 Å². The quantitative estimate of drug-likeness (QED) is 0.363. The maximum atomic E-state index is 13.6. The second kappa shape index (κ2) is 7.85. The van der Waals surface area contributed by atoms with Gasteiger partial charge < -0.3 is 19.1 Å². The summed E-state index contributed by atoms with van der Waals surface area (Å²) in [5.41, 5.74) is 0.292. The molecule has 1 saturated heterocycles. The lowest BCUT2D eigenvalue weighted by atomic mass is 9.67. The highest BCUT2D eigenvalue weighted by Gasteiger charge is 2.61. The summed E-state index contributed by atoms with van der Waals surface area (Å²) < 4.78 is 18.5. The number of benzene rings is 2. The predicted molar refractivity (Wildman–Crippen MR) is 120 cm³/mol. The lowest BCUT2D eigenvalue weighted by molar-refractivity contribution is -0.299. The number of esters is 1. The van der Waals surface area contributed by atoms with Crippen molar-refractivity contribution in [2.45, 2.75) is 36.7 Å². The van der Waals surface area contributed by atoms with Crippen molar-refractivity contribution in [3.05, 3.63) is 71.3 Å². The fraction of sp³-hybridized carbons (Fsp3) is 0.385. The van der Waals surface area contributed by atoms with Crippen LogP contribution < -0.4 is 9.47 Å². The third kappa shape index (κ3) is 3.13. The SMILES string of the molecule is COc1ccc2cc1O[C@@H]1[C@@H]3C=C[C@@H]4[C@@H](C2)N(C)CC[C@]41OC(=O)c1ccccc1C(=O)OO3. The van der Waals surface area contributed by atoms with Gasteiger partial charge in [0, 0.05) is 24.9 Å². The first kappa shape index (κ1) is 21.2. The Morgan fingerprint density at radius 2 is 1.85 bits per heavy atom. The van der Waals surface area contributed by atoms with Gasteiger partial charge in [-0.25, -0.2) is 9.59 Å². The minimum atomic E-state index is -1.04. The molecule has 3 aliphatic heterocycles. The number of likely N-dealkylation sites (tertiary alicyclic amines) is 1. The maximum Gasteiger partial charge on any atom is 0.373 e. The van der Waals surface area contributed by atoms with Gasteiger partial charge in [0.05, 0.1) is 18.2 Å². The van der Waals surface area contributed by atoms with Crippen LogP contribution >= 0.6 is 0 Å². The fourth-order valence-electron chi connectivity index (χ4n) is 5.75. The molecular formula is C26H25NO7. The lowest BCUT2D eigenvalue weighted by Crippen LogP contribution is -2.68. The van der Waals surface area contributed by atoms with Crippen molar-refractivity contribution in [2.75, 3.05) is 20.7 Å². The zero-order valence-electron chi connectivity index (χ0n) is 18.9. The van der Waals surface area contributed by atoms with Crippen LogP contribution in [-0.2, 0) is 20.9 Å². The first-order chi connectivity index (χ1) is 16.5. The Morgan fingerprint density at radius 1 is 1.06 bits per heavy atom. The topological polar surface area (TPSA) is 83.5 Å². The van der Waals surface area contributed by atoms with Gasteiger partial charge >= 0.3 is 11.9 Å². The number of rotatable bonds is 1. The van der Waals surface area contributed by atoms with Crippen molar-refractivity contribution >= 4 is 11.9 Å². The third-order valence-corrected chi connectivity index (χ3v) is 7.50. The molecule has 0 saturated carbocycles. The van der Waals surface area contributed by atoms with E-state index in [1.807, 2.05) is 30.4 Å². The molecule has 2 aromatic carbocycles. The molecule has 176 valence electrons. The zero-order chi connectivity index (χ0) is 23.4. The summed E-state index contributed by atoms with van der Waals surface area (Å²) >= 11 is 0. The summed E-state index contributed by atoms with van der Waals surface area (Å²) in [7, 11) is 3.67. The number of hydrogen-bond donors (Lipinski definition) is 0. The number of piperidine rings is 1. The summed E-state index contributed by atoms with van der Waals surface area (Å²) in [4.78, 5) is 39.5. The maximum absolute atomic E-state index is 13.6. The predicted octanol–water partition coefficient (Wildman–Crippen LogP) is 2.96. The van der Waals surface area contributed by atoms with Gasteiger partial charge in [-0.3, -0.25) is 4.89 Å². The Balaban J connectivity index is 1.55.